The molecule has 7 heteroatoms. The van der Waals surface area contributed by atoms with Crippen LogP contribution in [0.4, 0.5) is 16.2 Å². The molecule has 0 aliphatic carbocycles. The standard InChI is InChI=1S/C21H22ClN3O3/c1-13-4-5-14(2)18(12-13)24(3)19(26)11-10-17-20(27)25(21(28)23-17)16-8-6-15(22)7-9-16/h4-9,12,17H,10-11H2,1-3H3,(H,23,28). The van der Waals surface area contributed by atoms with E-state index in [4.69, 9.17) is 11.6 Å². The Morgan fingerprint density at radius 3 is 2.50 bits per heavy atom. The summed E-state index contributed by atoms with van der Waals surface area (Å²) in [6, 6.07) is 11.2. The minimum Gasteiger partial charge on any atom is -0.325 e. The van der Waals surface area contributed by atoms with Crippen LogP contribution in [0.2, 0.25) is 5.02 Å². The summed E-state index contributed by atoms with van der Waals surface area (Å²) in [4.78, 5) is 40.2. The lowest BCUT2D eigenvalue weighted by atomic mass is 10.1. The smallest absolute Gasteiger partial charge is 0.325 e. The van der Waals surface area contributed by atoms with E-state index in [0.29, 0.717) is 10.7 Å². The van der Waals surface area contributed by atoms with Crippen LogP contribution >= 0.6 is 11.6 Å². The quantitative estimate of drug-likeness (QED) is 0.777. The number of halogens is 1. The van der Waals surface area contributed by atoms with Gasteiger partial charge in [0.25, 0.3) is 5.91 Å². The number of carbonyl (C=O) groups excluding carboxylic acids is 3. The van der Waals surface area contributed by atoms with Gasteiger partial charge in [0, 0.05) is 24.2 Å². The lowest BCUT2D eigenvalue weighted by Crippen LogP contribution is -2.33. The highest BCUT2D eigenvalue weighted by atomic mass is 35.5. The SMILES string of the molecule is Cc1ccc(C)c(N(C)C(=O)CCC2NC(=O)N(c3ccc(Cl)cc3)C2=O)c1. The average Bonchev–Trinajstić information content (AvgIpc) is 2.95. The van der Waals surface area contributed by atoms with Crippen molar-refractivity contribution in [2.45, 2.75) is 32.7 Å². The maximum atomic E-state index is 12.6. The molecule has 1 atom stereocenters. The molecule has 0 aromatic heterocycles. The predicted molar refractivity (Wildman–Crippen MR) is 110 cm³/mol. The van der Waals surface area contributed by atoms with Crippen molar-refractivity contribution in [2.75, 3.05) is 16.8 Å². The van der Waals surface area contributed by atoms with E-state index in [-0.39, 0.29) is 24.7 Å². The van der Waals surface area contributed by atoms with Crippen LogP contribution in [0, 0.1) is 13.8 Å². The van der Waals surface area contributed by atoms with Crippen LogP contribution in [0.1, 0.15) is 24.0 Å². The lowest BCUT2D eigenvalue weighted by Gasteiger charge is -2.21. The number of nitrogens with zero attached hydrogens (tertiary/aromatic N) is 2. The van der Waals surface area contributed by atoms with E-state index in [2.05, 4.69) is 5.32 Å². The largest absolute Gasteiger partial charge is 0.329 e. The first-order valence-electron chi connectivity index (χ1n) is 9.02. The molecule has 1 unspecified atom stereocenters. The van der Waals surface area contributed by atoms with Crippen molar-refractivity contribution >= 4 is 40.8 Å². The van der Waals surface area contributed by atoms with E-state index in [1.54, 1.807) is 36.2 Å². The summed E-state index contributed by atoms with van der Waals surface area (Å²) in [7, 11) is 1.72. The van der Waals surface area contributed by atoms with Crippen molar-refractivity contribution < 1.29 is 14.4 Å². The molecule has 4 amide bonds. The van der Waals surface area contributed by atoms with Crippen molar-refractivity contribution in [3.63, 3.8) is 0 Å². The molecule has 1 N–H and O–H groups in total. The predicted octanol–water partition coefficient (Wildman–Crippen LogP) is 3.82. The van der Waals surface area contributed by atoms with E-state index < -0.39 is 12.1 Å². The van der Waals surface area contributed by atoms with Crippen molar-refractivity contribution in [2.24, 2.45) is 0 Å². The molecular weight excluding hydrogens is 378 g/mol. The Morgan fingerprint density at radius 2 is 1.82 bits per heavy atom. The normalized spacial score (nSPS) is 16.3. The fraction of sp³-hybridized carbons (Fsp3) is 0.286. The number of nitrogens with one attached hydrogen (secondary N) is 1. The number of aryl methyl sites for hydroxylation is 2. The number of anilines is 2. The van der Waals surface area contributed by atoms with Gasteiger partial charge in [0.15, 0.2) is 0 Å². The van der Waals surface area contributed by atoms with Crippen molar-refractivity contribution in [1.29, 1.82) is 0 Å². The minimum atomic E-state index is -0.723. The number of imide groups is 1. The second-order valence-electron chi connectivity index (χ2n) is 6.93. The highest BCUT2D eigenvalue weighted by molar-refractivity contribution is 6.30. The summed E-state index contributed by atoms with van der Waals surface area (Å²) in [5, 5.41) is 3.18. The zero-order valence-corrected chi connectivity index (χ0v) is 16.8. The molecule has 6 nitrogen and oxygen atoms in total. The summed E-state index contributed by atoms with van der Waals surface area (Å²) in [6.07, 6.45) is 0.387. The van der Waals surface area contributed by atoms with Crippen LogP contribution in [-0.2, 0) is 9.59 Å². The van der Waals surface area contributed by atoms with Gasteiger partial charge in [-0.1, -0.05) is 23.7 Å². The molecule has 1 fully saturated rings. The Morgan fingerprint density at radius 1 is 1.14 bits per heavy atom. The van der Waals surface area contributed by atoms with Gasteiger partial charge in [-0.2, -0.15) is 0 Å². The van der Waals surface area contributed by atoms with E-state index in [9.17, 15) is 14.4 Å². The van der Waals surface area contributed by atoms with Gasteiger partial charge in [-0.05, 0) is 61.7 Å². The molecule has 28 heavy (non-hydrogen) atoms. The summed E-state index contributed by atoms with van der Waals surface area (Å²) in [6.45, 7) is 3.92. The highest BCUT2D eigenvalue weighted by Crippen LogP contribution is 2.24. The Labute approximate surface area is 169 Å². The molecule has 1 aliphatic heterocycles. The highest BCUT2D eigenvalue weighted by Gasteiger charge is 2.39. The van der Waals surface area contributed by atoms with E-state index in [1.807, 2.05) is 32.0 Å². The van der Waals surface area contributed by atoms with Crippen LogP contribution in [-0.4, -0.2) is 30.9 Å². The molecule has 2 aromatic rings. The zero-order valence-electron chi connectivity index (χ0n) is 16.0. The summed E-state index contributed by atoms with van der Waals surface area (Å²) < 4.78 is 0. The Balaban J connectivity index is 1.65. The third-order valence-electron chi connectivity index (χ3n) is 4.85. The number of rotatable bonds is 5. The van der Waals surface area contributed by atoms with E-state index >= 15 is 0 Å². The Hall–Kier alpha value is -2.86. The average molecular weight is 400 g/mol. The monoisotopic (exact) mass is 399 g/mol. The maximum Gasteiger partial charge on any atom is 0.329 e. The number of benzene rings is 2. The van der Waals surface area contributed by atoms with Crippen LogP contribution in [0.5, 0.6) is 0 Å². The molecule has 1 saturated heterocycles. The first-order valence-corrected chi connectivity index (χ1v) is 9.39. The summed E-state index contributed by atoms with van der Waals surface area (Å²) in [5.41, 5.74) is 3.36. The molecule has 146 valence electrons. The lowest BCUT2D eigenvalue weighted by molar-refractivity contribution is -0.119. The summed E-state index contributed by atoms with van der Waals surface area (Å²) in [5.74, 6) is -0.477. The van der Waals surface area contributed by atoms with Crippen molar-refractivity contribution in [3.05, 3.63) is 58.6 Å². The first kappa shape index (κ1) is 19.9. The van der Waals surface area contributed by atoms with Gasteiger partial charge in [-0.15, -0.1) is 0 Å². The Kier molecular flexibility index (Phi) is 5.70. The topological polar surface area (TPSA) is 69.7 Å². The molecule has 1 aliphatic rings. The van der Waals surface area contributed by atoms with Crippen LogP contribution < -0.4 is 15.1 Å². The fourth-order valence-corrected chi connectivity index (χ4v) is 3.34. The molecule has 0 spiro atoms. The number of carbonyl (C=O) groups is 3. The molecular formula is C21H22ClN3O3. The minimum absolute atomic E-state index is 0.110. The van der Waals surface area contributed by atoms with Crippen molar-refractivity contribution in [3.8, 4) is 0 Å². The third kappa shape index (κ3) is 4.02. The second-order valence-corrected chi connectivity index (χ2v) is 7.37. The Bertz CT molecular complexity index is 927. The van der Waals surface area contributed by atoms with Gasteiger partial charge in [0.2, 0.25) is 5.91 Å². The summed E-state index contributed by atoms with van der Waals surface area (Å²) >= 11 is 5.86. The number of urea groups is 1. The van der Waals surface area contributed by atoms with Gasteiger partial charge < -0.3 is 10.2 Å². The van der Waals surface area contributed by atoms with Gasteiger partial charge >= 0.3 is 6.03 Å². The number of amides is 4. The van der Waals surface area contributed by atoms with Crippen LogP contribution in [0.15, 0.2) is 42.5 Å². The molecule has 2 aromatic carbocycles. The van der Waals surface area contributed by atoms with E-state index in [1.165, 1.54) is 0 Å². The molecule has 0 saturated carbocycles. The molecule has 0 bridgehead atoms. The molecule has 3 rings (SSSR count). The van der Waals surface area contributed by atoms with Gasteiger partial charge in [-0.3, -0.25) is 9.59 Å². The van der Waals surface area contributed by atoms with Gasteiger partial charge in [0.05, 0.1) is 5.69 Å². The second kappa shape index (κ2) is 8.02. The van der Waals surface area contributed by atoms with Gasteiger partial charge in [0.1, 0.15) is 6.04 Å². The fourth-order valence-electron chi connectivity index (χ4n) is 3.21. The first-order chi connectivity index (χ1) is 13.3. The van der Waals surface area contributed by atoms with Crippen LogP contribution in [0.3, 0.4) is 0 Å². The number of hydrogen-bond donors (Lipinski definition) is 1. The third-order valence-corrected chi connectivity index (χ3v) is 5.10. The molecule has 1 heterocycles. The zero-order chi connectivity index (χ0) is 20.4. The molecule has 0 radical (unpaired) electrons. The van der Waals surface area contributed by atoms with Crippen molar-refractivity contribution in [1.82, 2.24) is 5.32 Å². The number of hydrogen-bond acceptors (Lipinski definition) is 3. The van der Waals surface area contributed by atoms with E-state index in [0.717, 1.165) is 21.7 Å². The van der Waals surface area contributed by atoms with Gasteiger partial charge in [-0.25, -0.2) is 9.69 Å². The maximum absolute atomic E-state index is 12.6. The van der Waals surface area contributed by atoms with Crippen LogP contribution in [0.25, 0.3) is 0 Å².